The van der Waals surface area contributed by atoms with Crippen LogP contribution in [0.15, 0.2) is 45.8 Å². The first kappa shape index (κ1) is 15.8. The summed E-state index contributed by atoms with van der Waals surface area (Å²) in [5.74, 6) is 1.09. The summed E-state index contributed by atoms with van der Waals surface area (Å²) >= 11 is 0. The molecule has 1 heterocycles. The number of hydrogen-bond acceptors (Lipinski definition) is 5. The third-order valence-electron chi connectivity index (χ3n) is 2.90. The number of carbonyl (C=O) groups is 1. The summed E-state index contributed by atoms with van der Waals surface area (Å²) in [7, 11) is 0. The normalized spacial score (nSPS) is 10.8. The molecule has 0 aliphatic carbocycles. The maximum Gasteiger partial charge on any atom is 0.338 e. The van der Waals surface area contributed by atoms with Crippen LogP contribution < -0.4 is 5.32 Å². The summed E-state index contributed by atoms with van der Waals surface area (Å²) in [5, 5.41) is 3.17. The molecule has 0 unspecified atom stereocenters. The van der Waals surface area contributed by atoms with E-state index in [9.17, 15) is 4.79 Å². The Morgan fingerprint density at radius 3 is 2.68 bits per heavy atom. The lowest BCUT2D eigenvalue weighted by molar-refractivity contribution is 0.0526. The van der Waals surface area contributed by atoms with E-state index >= 15 is 0 Å². The van der Waals surface area contributed by atoms with Gasteiger partial charge < -0.3 is 14.5 Å². The lowest BCUT2D eigenvalue weighted by atomic mass is 10.2. The van der Waals surface area contributed by atoms with Crippen molar-refractivity contribution in [3.05, 3.63) is 47.7 Å². The fraction of sp³-hybridized carbons (Fsp3) is 0.294. The molecule has 116 valence electrons. The first-order chi connectivity index (χ1) is 10.7. The predicted octanol–water partition coefficient (Wildman–Crippen LogP) is 4.03. The van der Waals surface area contributed by atoms with Crippen LogP contribution in [-0.4, -0.2) is 25.3 Å². The van der Waals surface area contributed by atoms with Crippen LogP contribution in [0.2, 0.25) is 0 Å². The van der Waals surface area contributed by atoms with Crippen LogP contribution in [0.5, 0.6) is 0 Å². The number of furan rings is 1. The summed E-state index contributed by atoms with van der Waals surface area (Å²) < 4.78 is 10.5. The summed E-state index contributed by atoms with van der Waals surface area (Å²) in [6.45, 7) is 5.12. The molecule has 2 rings (SSSR count). The number of benzene rings is 1. The number of anilines is 1. The van der Waals surface area contributed by atoms with Gasteiger partial charge in [-0.3, -0.25) is 4.99 Å². The van der Waals surface area contributed by atoms with Gasteiger partial charge in [0.15, 0.2) is 5.88 Å². The Labute approximate surface area is 130 Å². The number of hydrogen-bond donors (Lipinski definition) is 1. The van der Waals surface area contributed by atoms with Crippen LogP contribution in [0.4, 0.5) is 11.6 Å². The third-order valence-corrected chi connectivity index (χ3v) is 2.90. The van der Waals surface area contributed by atoms with Crippen LogP contribution in [0.1, 0.15) is 36.4 Å². The fourth-order valence-electron chi connectivity index (χ4n) is 1.80. The van der Waals surface area contributed by atoms with Crippen molar-refractivity contribution in [3.8, 4) is 0 Å². The molecule has 1 N–H and O–H groups in total. The minimum Gasteiger partial charge on any atom is -0.462 e. The molecule has 5 heteroatoms. The Morgan fingerprint density at radius 2 is 2.00 bits per heavy atom. The van der Waals surface area contributed by atoms with E-state index < -0.39 is 0 Å². The second kappa shape index (κ2) is 8.02. The van der Waals surface area contributed by atoms with E-state index in [2.05, 4.69) is 17.2 Å². The maximum atomic E-state index is 11.5. The molecule has 0 bridgehead atoms. The van der Waals surface area contributed by atoms with Crippen LogP contribution in [0, 0.1) is 0 Å². The molecule has 0 radical (unpaired) electrons. The van der Waals surface area contributed by atoms with Gasteiger partial charge in [-0.1, -0.05) is 6.92 Å². The largest absolute Gasteiger partial charge is 0.462 e. The minimum atomic E-state index is -0.323. The van der Waals surface area contributed by atoms with Gasteiger partial charge in [0, 0.05) is 12.6 Å². The first-order valence-electron chi connectivity index (χ1n) is 7.38. The molecule has 0 aliphatic heterocycles. The van der Waals surface area contributed by atoms with Gasteiger partial charge in [-0.2, -0.15) is 0 Å². The van der Waals surface area contributed by atoms with Gasteiger partial charge in [-0.15, -0.1) is 0 Å². The molecule has 0 saturated heterocycles. The van der Waals surface area contributed by atoms with E-state index in [0.29, 0.717) is 17.9 Å². The van der Waals surface area contributed by atoms with Gasteiger partial charge in [0.05, 0.1) is 24.1 Å². The quantitative estimate of drug-likeness (QED) is 0.619. The zero-order valence-electron chi connectivity index (χ0n) is 12.8. The van der Waals surface area contributed by atoms with Gasteiger partial charge in [0.2, 0.25) is 0 Å². The number of carbonyl (C=O) groups excluding carboxylic acids is 1. The Balaban J connectivity index is 1.98. The van der Waals surface area contributed by atoms with Crippen molar-refractivity contribution < 1.29 is 13.9 Å². The monoisotopic (exact) mass is 300 g/mol. The Bertz CT molecular complexity index is 630. The molecular formula is C17H20N2O3. The predicted molar refractivity (Wildman–Crippen MR) is 87.1 cm³/mol. The van der Waals surface area contributed by atoms with Gasteiger partial charge in [-0.05, 0) is 43.7 Å². The van der Waals surface area contributed by atoms with Crippen molar-refractivity contribution in [1.29, 1.82) is 0 Å². The van der Waals surface area contributed by atoms with Crippen molar-refractivity contribution in [2.45, 2.75) is 20.3 Å². The zero-order valence-corrected chi connectivity index (χ0v) is 12.8. The van der Waals surface area contributed by atoms with Crippen molar-refractivity contribution in [2.75, 3.05) is 18.5 Å². The number of ether oxygens (including phenoxy) is 1. The lowest BCUT2D eigenvalue weighted by Gasteiger charge is -2.01. The van der Waals surface area contributed by atoms with E-state index in [-0.39, 0.29) is 5.97 Å². The van der Waals surface area contributed by atoms with Gasteiger partial charge in [-0.25, -0.2) is 4.79 Å². The van der Waals surface area contributed by atoms with E-state index in [1.807, 2.05) is 12.1 Å². The standard InChI is InChI=1S/C17H20N2O3/c1-3-11-18-16-10-9-15(22-16)12-19-14-7-5-13(6-8-14)17(20)21-4-2/h5-10,12,18H,3-4,11H2,1-2H3. The minimum absolute atomic E-state index is 0.323. The molecule has 1 aromatic carbocycles. The SMILES string of the molecule is CCCNc1ccc(C=Nc2ccc(C(=O)OCC)cc2)o1. The number of nitrogens with zero attached hydrogens (tertiary/aromatic N) is 1. The number of aliphatic imine (C=N–C) groups is 1. The van der Waals surface area contributed by atoms with Crippen LogP contribution in [-0.2, 0) is 4.74 Å². The fourth-order valence-corrected chi connectivity index (χ4v) is 1.80. The van der Waals surface area contributed by atoms with Crippen molar-refractivity contribution in [3.63, 3.8) is 0 Å². The Kier molecular flexibility index (Phi) is 5.77. The van der Waals surface area contributed by atoms with Crippen molar-refractivity contribution >= 4 is 23.8 Å². The topological polar surface area (TPSA) is 63.8 Å². The van der Waals surface area contributed by atoms with E-state index in [1.165, 1.54) is 0 Å². The molecule has 1 aromatic heterocycles. The number of nitrogens with one attached hydrogen (secondary N) is 1. The van der Waals surface area contributed by atoms with Crippen LogP contribution >= 0.6 is 0 Å². The maximum absolute atomic E-state index is 11.5. The average Bonchev–Trinajstić information content (AvgIpc) is 2.99. The highest BCUT2D eigenvalue weighted by molar-refractivity contribution is 5.90. The molecule has 0 fully saturated rings. The van der Waals surface area contributed by atoms with Crippen molar-refractivity contribution in [1.82, 2.24) is 0 Å². The molecule has 0 amide bonds. The third kappa shape index (κ3) is 4.48. The van der Waals surface area contributed by atoms with E-state index in [1.54, 1.807) is 37.4 Å². The average molecular weight is 300 g/mol. The van der Waals surface area contributed by atoms with Gasteiger partial charge in [0.25, 0.3) is 0 Å². The Morgan fingerprint density at radius 1 is 1.23 bits per heavy atom. The molecule has 2 aromatic rings. The highest BCUT2D eigenvalue weighted by Crippen LogP contribution is 2.16. The molecule has 0 atom stereocenters. The molecule has 0 spiro atoms. The summed E-state index contributed by atoms with van der Waals surface area (Å²) in [5.41, 5.74) is 1.26. The van der Waals surface area contributed by atoms with E-state index in [4.69, 9.17) is 9.15 Å². The second-order valence-electron chi connectivity index (χ2n) is 4.65. The summed E-state index contributed by atoms with van der Waals surface area (Å²) in [4.78, 5) is 15.9. The van der Waals surface area contributed by atoms with E-state index in [0.717, 1.165) is 24.5 Å². The van der Waals surface area contributed by atoms with Gasteiger partial charge >= 0.3 is 5.97 Å². The summed E-state index contributed by atoms with van der Waals surface area (Å²) in [6.07, 6.45) is 2.69. The van der Waals surface area contributed by atoms with Crippen LogP contribution in [0.3, 0.4) is 0 Å². The Hall–Kier alpha value is -2.56. The summed E-state index contributed by atoms with van der Waals surface area (Å²) in [6, 6.07) is 10.7. The zero-order chi connectivity index (χ0) is 15.8. The molecule has 5 nitrogen and oxygen atoms in total. The molecule has 0 aliphatic rings. The first-order valence-corrected chi connectivity index (χ1v) is 7.38. The second-order valence-corrected chi connectivity index (χ2v) is 4.65. The molecule has 22 heavy (non-hydrogen) atoms. The number of rotatable bonds is 7. The highest BCUT2D eigenvalue weighted by Gasteiger charge is 2.05. The number of esters is 1. The molecular weight excluding hydrogens is 280 g/mol. The lowest BCUT2D eigenvalue weighted by Crippen LogP contribution is -2.03. The molecule has 0 saturated carbocycles. The van der Waals surface area contributed by atoms with Crippen molar-refractivity contribution in [2.24, 2.45) is 4.99 Å². The van der Waals surface area contributed by atoms with Gasteiger partial charge in [0.1, 0.15) is 5.76 Å². The van der Waals surface area contributed by atoms with Crippen LogP contribution in [0.25, 0.3) is 0 Å². The highest BCUT2D eigenvalue weighted by atomic mass is 16.5. The smallest absolute Gasteiger partial charge is 0.338 e.